The van der Waals surface area contributed by atoms with Crippen LogP contribution in [0.5, 0.6) is 5.75 Å². The fourth-order valence-electron chi connectivity index (χ4n) is 3.66. The van der Waals surface area contributed by atoms with Gasteiger partial charge in [-0.25, -0.2) is 5.43 Å². The zero-order valence-corrected chi connectivity index (χ0v) is 21.5. The van der Waals surface area contributed by atoms with Crippen LogP contribution in [0.15, 0.2) is 50.8 Å². The van der Waals surface area contributed by atoms with Gasteiger partial charge in [0.2, 0.25) is 0 Å². The molecule has 1 heterocycles. The van der Waals surface area contributed by atoms with Crippen LogP contribution in [-0.4, -0.2) is 30.4 Å². The smallest absolute Gasteiger partial charge is 0.269 e. The van der Waals surface area contributed by atoms with Crippen LogP contribution >= 0.6 is 15.9 Å². The number of amides is 1. The largest absolute Gasteiger partial charge is 0.493 e. The number of pyridine rings is 1. The van der Waals surface area contributed by atoms with Gasteiger partial charge in [-0.3, -0.25) is 9.59 Å². The maximum atomic E-state index is 12.8. The molecule has 3 rings (SSSR count). The van der Waals surface area contributed by atoms with Crippen molar-refractivity contribution in [1.82, 2.24) is 9.99 Å². The lowest BCUT2D eigenvalue weighted by Crippen LogP contribution is -2.33. The van der Waals surface area contributed by atoms with Gasteiger partial charge >= 0.3 is 0 Å². The summed E-state index contributed by atoms with van der Waals surface area (Å²) in [6, 6.07) is 13.6. The summed E-state index contributed by atoms with van der Waals surface area (Å²) in [5.41, 5.74) is 3.59. The molecule has 0 saturated heterocycles. The fourth-order valence-corrected chi connectivity index (χ4v) is 4.18. The van der Waals surface area contributed by atoms with Crippen molar-refractivity contribution in [2.24, 2.45) is 5.10 Å². The van der Waals surface area contributed by atoms with Gasteiger partial charge in [0.05, 0.1) is 19.4 Å². The molecule has 0 saturated carbocycles. The van der Waals surface area contributed by atoms with Crippen LogP contribution in [0.2, 0.25) is 0 Å². The zero-order valence-electron chi connectivity index (χ0n) is 19.9. The highest BCUT2D eigenvalue weighted by atomic mass is 79.9. The van der Waals surface area contributed by atoms with Crippen molar-refractivity contribution in [2.45, 2.75) is 39.8 Å². The molecule has 0 radical (unpaired) electrons. The van der Waals surface area contributed by atoms with E-state index in [2.05, 4.69) is 33.4 Å². The van der Waals surface area contributed by atoms with Crippen LogP contribution in [0.4, 0.5) is 0 Å². The van der Waals surface area contributed by atoms with Crippen LogP contribution in [0.1, 0.15) is 42.1 Å². The molecule has 0 aliphatic rings. The number of nitriles is 1. The molecule has 0 bridgehead atoms. The molecule has 0 atom stereocenters. The molecule has 9 heteroatoms. The highest BCUT2D eigenvalue weighted by Gasteiger charge is 2.19. The van der Waals surface area contributed by atoms with E-state index in [-0.39, 0.29) is 18.7 Å². The Balaban J connectivity index is 1.85. The lowest BCUT2D eigenvalue weighted by Gasteiger charge is -2.15. The lowest BCUT2D eigenvalue weighted by atomic mass is 10.0. The van der Waals surface area contributed by atoms with Crippen LogP contribution in [0.25, 0.3) is 10.8 Å². The molecular formula is C26H27BrN4O4. The number of rotatable bonds is 10. The quantitative estimate of drug-likeness (QED) is 0.233. The summed E-state index contributed by atoms with van der Waals surface area (Å²) in [4.78, 5) is 25.5. The van der Waals surface area contributed by atoms with Crippen molar-refractivity contribution in [1.29, 1.82) is 5.26 Å². The molecule has 182 valence electrons. The number of hydrogen-bond acceptors (Lipinski definition) is 6. The molecule has 0 aliphatic carbocycles. The summed E-state index contributed by atoms with van der Waals surface area (Å²) in [6.07, 6.45) is 3.50. The van der Waals surface area contributed by atoms with Gasteiger partial charge in [-0.2, -0.15) is 10.4 Å². The molecule has 0 fully saturated rings. The highest BCUT2D eigenvalue weighted by Crippen LogP contribution is 2.27. The van der Waals surface area contributed by atoms with E-state index in [1.807, 2.05) is 42.5 Å². The fraction of sp³-hybridized carbons (Fsp3) is 0.308. The molecule has 3 aromatic rings. The predicted octanol–water partition coefficient (Wildman–Crippen LogP) is 4.42. The van der Waals surface area contributed by atoms with E-state index >= 15 is 0 Å². The Labute approximate surface area is 212 Å². The number of halogens is 1. The van der Waals surface area contributed by atoms with Gasteiger partial charge in [0.25, 0.3) is 11.5 Å². The Bertz CT molecular complexity index is 1360. The summed E-state index contributed by atoms with van der Waals surface area (Å²) in [6.45, 7) is 4.18. The van der Waals surface area contributed by atoms with Gasteiger partial charge in [0, 0.05) is 28.4 Å². The summed E-state index contributed by atoms with van der Waals surface area (Å²) < 4.78 is 12.8. The number of hydrogen-bond donors (Lipinski definition) is 1. The minimum absolute atomic E-state index is 0.0646. The van der Waals surface area contributed by atoms with Crippen molar-refractivity contribution in [3.8, 4) is 11.8 Å². The normalized spacial score (nSPS) is 11.1. The molecule has 0 unspecified atom stereocenters. The van der Waals surface area contributed by atoms with E-state index in [0.29, 0.717) is 28.1 Å². The van der Waals surface area contributed by atoms with Crippen molar-refractivity contribution < 1.29 is 14.3 Å². The Hall–Kier alpha value is -3.48. The number of carbonyl (C=O) groups excluding carboxylic acids is 1. The third-order valence-corrected chi connectivity index (χ3v) is 6.57. The topological polar surface area (TPSA) is 106 Å². The van der Waals surface area contributed by atoms with Crippen molar-refractivity contribution in [3.63, 3.8) is 0 Å². The first-order valence-corrected chi connectivity index (χ1v) is 12.0. The van der Waals surface area contributed by atoms with Gasteiger partial charge in [-0.15, -0.1) is 0 Å². The average Bonchev–Trinajstić information content (AvgIpc) is 2.86. The van der Waals surface area contributed by atoms with Gasteiger partial charge in [-0.05, 0) is 46.1 Å². The molecule has 1 aromatic heterocycles. The molecule has 1 amide bonds. The minimum Gasteiger partial charge on any atom is -0.493 e. The van der Waals surface area contributed by atoms with Gasteiger partial charge in [0.15, 0.2) is 0 Å². The van der Waals surface area contributed by atoms with Gasteiger partial charge in [0.1, 0.15) is 23.9 Å². The lowest BCUT2D eigenvalue weighted by molar-refractivity contribution is -0.121. The van der Waals surface area contributed by atoms with Crippen molar-refractivity contribution in [2.75, 3.05) is 13.7 Å². The molecule has 0 aliphatic heterocycles. The summed E-state index contributed by atoms with van der Waals surface area (Å²) in [5, 5.41) is 15.6. The Morgan fingerprint density at radius 3 is 2.77 bits per heavy atom. The van der Waals surface area contributed by atoms with Crippen LogP contribution in [0.3, 0.4) is 0 Å². The maximum Gasteiger partial charge on any atom is 0.269 e. The molecule has 2 aromatic carbocycles. The number of fused-ring (bicyclic) bond motifs is 1. The molecule has 0 spiro atoms. The monoisotopic (exact) mass is 538 g/mol. The van der Waals surface area contributed by atoms with Crippen LogP contribution in [0, 0.1) is 18.3 Å². The number of hydrazone groups is 1. The van der Waals surface area contributed by atoms with Crippen LogP contribution in [-0.2, 0) is 22.7 Å². The molecule has 35 heavy (non-hydrogen) atoms. The Morgan fingerprint density at radius 1 is 1.29 bits per heavy atom. The number of benzene rings is 2. The second-order valence-corrected chi connectivity index (χ2v) is 8.68. The number of aromatic nitrogens is 1. The number of methoxy groups -OCH3 is 1. The third kappa shape index (κ3) is 5.96. The van der Waals surface area contributed by atoms with Gasteiger partial charge in [-0.1, -0.05) is 43.7 Å². The predicted molar refractivity (Wildman–Crippen MR) is 139 cm³/mol. The van der Waals surface area contributed by atoms with E-state index < -0.39 is 11.5 Å². The van der Waals surface area contributed by atoms with E-state index in [1.165, 1.54) is 11.7 Å². The first-order chi connectivity index (χ1) is 16.9. The van der Waals surface area contributed by atoms with Crippen LogP contribution < -0.4 is 15.7 Å². The summed E-state index contributed by atoms with van der Waals surface area (Å²) in [5.74, 6) is 0.175. The van der Waals surface area contributed by atoms with E-state index in [4.69, 9.17) is 9.47 Å². The first-order valence-electron chi connectivity index (χ1n) is 11.2. The van der Waals surface area contributed by atoms with Crippen molar-refractivity contribution in [3.05, 3.63) is 73.6 Å². The number of nitrogens with one attached hydrogen (secondary N) is 1. The first kappa shape index (κ1) is 26.1. The SMILES string of the molecule is CCCCOc1ccc2ccccc2c1/C=N\NC(=O)Cn1c(C)c(Br)c(COC)c(C#N)c1=O. The minimum atomic E-state index is -0.556. The maximum absolute atomic E-state index is 12.8. The van der Waals surface area contributed by atoms with E-state index in [9.17, 15) is 14.9 Å². The summed E-state index contributed by atoms with van der Waals surface area (Å²) in [7, 11) is 1.48. The number of carbonyl (C=O) groups is 1. The Kier molecular flexibility index (Phi) is 9.18. The highest BCUT2D eigenvalue weighted by molar-refractivity contribution is 9.10. The van der Waals surface area contributed by atoms with E-state index in [1.54, 1.807) is 13.1 Å². The third-order valence-electron chi connectivity index (χ3n) is 5.52. The zero-order chi connectivity index (χ0) is 25.4. The number of unbranched alkanes of at least 4 members (excludes halogenated alkanes) is 1. The second kappa shape index (κ2) is 12.3. The number of ether oxygens (including phenoxy) is 2. The molecule has 8 nitrogen and oxygen atoms in total. The number of nitrogens with zero attached hydrogens (tertiary/aromatic N) is 3. The molecular weight excluding hydrogens is 512 g/mol. The standard InChI is InChI=1S/C26H27BrN4O4/c1-4-5-12-35-23-11-10-18-8-6-7-9-19(18)21(23)14-29-30-24(32)15-31-17(2)25(27)22(16-34-3)20(13-28)26(31)33/h6-11,14H,4-5,12,15-16H2,1-3H3,(H,30,32)/b29-14-. The molecule has 1 N–H and O–H groups in total. The second-order valence-electron chi connectivity index (χ2n) is 7.88. The summed E-state index contributed by atoms with van der Waals surface area (Å²) >= 11 is 3.42. The van der Waals surface area contributed by atoms with Gasteiger partial charge < -0.3 is 14.0 Å². The Morgan fingerprint density at radius 2 is 2.06 bits per heavy atom. The average molecular weight is 539 g/mol. The van der Waals surface area contributed by atoms with Crippen molar-refractivity contribution >= 4 is 38.8 Å². The van der Waals surface area contributed by atoms with E-state index in [0.717, 1.165) is 29.2 Å².